The van der Waals surface area contributed by atoms with Gasteiger partial charge in [-0.25, -0.2) is 4.98 Å². The number of nitrogens with zero attached hydrogens (tertiary/aromatic N) is 2. The molecule has 0 unspecified atom stereocenters. The minimum absolute atomic E-state index is 0.627. The van der Waals surface area contributed by atoms with E-state index in [2.05, 4.69) is 9.55 Å². The van der Waals surface area contributed by atoms with Crippen molar-refractivity contribution in [2.24, 2.45) is 0 Å². The van der Waals surface area contributed by atoms with Crippen molar-refractivity contribution < 1.29 is 4.79 Å². The molecule has 0 spiro atoms. The maximum absolute atomic E-state index is 10.6. The highest BCUT2D eigenvalue weighted by Crippen LogP contribution is 2.40. The molecular weight excluding hydrogens is 208 g/mol. The second-order valence-corrected chi connectivity index (χ2v) is 4.82. The first kappa shape index (κ1) is 8.85. The summed E-state index contributed by atoms with van der Waals surface area (Å²) < 4.78 is 2.09. The van der Waals surface area contributed by atoms with Crippen LogP contribution in [-0.2, 0) is 0 Å². The molecule has 0 N–H and O–H groups in total. The SMILES string of the molecule is O=Cc1ccc(-n2ccnc2C2CC2)s1. The molecule has 2 aromatic rings. The second-order valence-electron chi connectivity index (χ2n) is 3.72. The van der Waals surface area contributed by atoms with Gasteiger partial charge in [0.15, 0.2) is 6.29 Å². The fourth-order valence-electron chi connectivity index (χ4n) is 1.68. The summed E-state index contributed by atoms with van der Waals surface area (Å²) in [6.07, 6.45) is 7.16. The normalized spacial score (nSPS) is 15.5. The second kappa shape index (κ2) is 3.31. The first-order valence-electron chi connectivity index (χ1n) is 4.97. The van der Waals surface area contributed by atoms with Gasteiger partial charge in [0, 0.05) is 18.3 Å². The van der Waals surface area contributed by atoms with Gasteiger partial charge in [0.1, 0.15) is 10.8 Å². The number of aldehydes is 1. The summed E-state index contributed by atoms with van der Waals surface area (Å²) >= 11 is 1.50. The average Bonchev–Trinajstić information content (AvgIpc) is 2.83. The lowest BCUT2D eigenvalue weighted by Gasteiger charge is -2.02. The number of imidazole rings is 1. The maximum Gasteiger partial charge on any atom is 0.160 e. The zero-order valence-electron chi connectivity index (χ0n) is 8.09. The van der Waals surface area contributed by atoms with Gasteiger partial charge in [0.25, 0.3) is 0 Å². The van der Waals surface area contributed by atoms with Crippen LogP contribution in [0.1, 0.15) is 34.3 Å². The molecule has 2 heterocycles. The molecule has 0 bridgehead atoms. The van der Waals surface area contributed by atoms with Crippen molar-refractivity contribution in [3.8, 4) is 5.00 Å². The lowest BCUT2D eigenvalue weighted by Crippen LogP contribution is -1.95. The van der Waals surface area contributed by atoms with Gasteiger partial charge in [-0.1, -0.05) is 0 Å². The van der Waals surface area contributed by atoms with Gasteiger partial charge in [-0.2, -0.15) is 0 Å². The third-order valence-electron chi connectivity index (χ3n) is 2.58. The highest BCUT2D eigenvalue weighted by Gasteiger charge is 2.28. The molecule has 0 saturated heterocycles. The topological polar surface area (TPSA) is 34.9 Å². The highest BCUT2D eigenvalue weighted by atomic mass is 32.1. The molecule has 3 rings (SSSR count). The monoisotopic (exact) mass is 218 g/mol. The lowest BCUT2D eigenvalue weighted by molar-refractivity contribution is 0.112. The molecule has 0 radical (unpaired) electrons. The van der Waals surface area contributed by atoms with Crippen molar-refractivity contribution in [1.82, 2.24) is 9.55 Å². The fraction of sp³-hybridized carbons (Fsp3) is 0.273. The minimum Gasteiger partial charge on any atom is -0.297 e. The molecule has 4 heteroatoms. The van der Waals surface area contributed by atoms with Crippen molar-refractivity contribution in [1.29, 1.82) is 0 Å². The molecule has 2 aromatic heterocycles. The van der Waals surface area contributed by atoms with Gasteiger partial charge in [-0.15, -0.1) is 11.3 Å². The number of hydrogen-bond acceptors (Lipinski definition) is 3. The van der Waals surface area contributed by atoms with E-state index in [4.69, 9.17) is 0 Å². The van der Waals surface area contributed by atoms with Gasteiger partial charge in [0.05, 0.1) is 4.88 Å². The summed E-state index contributed by atoms with van der Waals surface area (Å²) in [7, 11) is 0. The van der Waals surface area contributed by atoms with Gasteiger partial charge in [-0.05, 0) is 25.0 Å². The summed E-state index contributed by atoms with van der Waals surface area (Å²) in [5.74, 6) is 1.76. The molecular formula is C11H10N2OS. The Labute approximate surface area is 91.4 Å². The third kappa shape index (κ3) is 1.51. The first-order chi connectivity index (χ1) is 7.38. The highest BCUT2D eigenvalue weighted by molar-refractivity contribution is 7.16. The van der Waals surface area contributed by atoms with E-state index in [1.54, 1.807) is 0 Å². The number of aromatic nitrogens is 2. The van der Waals surface area contributed by atoms with Crippen LogP contribution >= 0.6 is 11.3 Å². The number of thiophene rings is 1. The predicted molar refractivity (Wildman–Crippen MR) is 58.8 cm³/mol. The summed E-state index contributed by atoms with van der Waals surface area (Å²) in [6, 6.07) is 3.83. The van der Waals surface area contributed by atoms with Gasteiger partial charge in [-0.3, -0.25) is 9.36 Å². The number of carbonyl (C=O) groups excluding carboxylic acids is 1. The molecule has 0 aliphatic heterocycles. The summed E-state index contributed by atoms with van der Waals surface area (Å²) in [4.78, 5) is 15.7. The van der Waals surface area contributed by atoms with E-state index in [0.717, 1.165) is 22.0 Å². The molecule has 0 aromatic carbocycles. The molecule has 3 nitrogen and oxygen atoms in total. The number of hydrogen-bond donors (Lipinski definition) is 0. The Balaban J connectivity index is 2.03. The van der Waals surface area contributed by atoms with E-state index in [0.29, 0.717) is 5.92 Å². The van der Waals surface area contributed by atoms with Crippen LogP contribution in [0.3, 0.4) is 0 Å². The molecule has 1 fully saturated rings. The lowest BCUT2D eigenvalue weighted by atomic mass is 10.4. The quantitative estimate of drug-likeness (QED) is 0.742. The predicted octanol–water partition coefficient (Wildman–Crippen LogP) is 2.62. The van der Waals surface area contributed by atoms with Crippen molar-refractivity contribution in [3.05, 3.63) is 35.2 Å². The Morgan fingerprint density at radius 1 is 1.47 bits per heavy atom. The third-order valence-corrected chi connectivity index (χ3v) is 3.59. The Morgan fingerprint density at radius 2 is 2.33 bits per heavy atom. The number of carbonyl (C=O) groups is 1. The van der Waals surface area contributed by atoms with Crippen LogP contribution in [0.25, 0.3) is 5.00 Å². The Hall–Kier alpha value is -1.42. The van der Waals surface area contributed by atoms with E-state index in [-0.39, 0.29) is 0 Å². The van der Waals surface area contributed by atoms with Gasteiger partial charge >= 0.3 is 0 Å². The molecule has 15 heavy (non-hydrogen) atoms. The van der Waals surface area contributed by atoms with Crippen molar-refractivity contribution in [2.45, 2.75) is 18.8 Å². The molecule has 1 saturated carbocycles. The zero-order valence-corrected chi connectivity index (χ0v) is 8.91. The van der Waals surface area contributed by atoms with Gasteiger partial charge < -0.3 is 0 Å². The number of rotatable bonds is 3. The van der Waals surface area contributed by atoms with Crippen molar-refractivity contribution >= 4 is 17.6 Å². The summed E-state index contributed by atoms with van der Waals surface area (Å²) in [6.45, 7) is 0. The zero-order chi connectivity index (χ0) is 10.3. The van der Waals surface area contributed by atoms with E-state index in [1.807, 2.05) is 24.5 Å². The van der Waals surface area contributed by atoms with Crippen LogP contribution < -0.4 is 0 Å². The Morgan fingerprint density at radius 3 is 3.00 bits per heavy atom. The summed E-state index contributed by atoms with van der Waals surface area (Å²) in [5, 5.41) is 1.08. The van der Waals surface area contributed by atoms with Crippen LogP contribution in [0.2, 0.25) is 0 Å². The summed E-state index contributed by atoms with van der Waals surface area (Å²) in [5.41, 5.74) is 0. The van der Waals surface area contributed by atoms with Crippen LogP contribution in [-0.4, -0.2) is 15.8 Å². The largest absolute Gasteiger partial charge is 0.297 e. The van der Waals surface area contributed by atoms with E-state index < -0.39 is 0 Å². The van der Waals surface area contributed by atoms with Crippen LogP contribution in [0.4, 0.5) is 0 Å². The molecule has 0 atom stereocenters. The van der Waals surface area contributed by atoms with E-state index >= 15 is 0 Å². The Kier molecular flexibility index (Phi) is 1.95. The van der Waals surface area contributed by atoms with Crippen molar-refractivity contribution in [3.63, 3.8) is 0 Å². The van der Waals surface area contributed by atoms with Crippen LogP contribution in [0.5, 0.6) is 0 Å². The van der Waals surface area contributed by atoms with E-state index in [1.165, 1.54) is 24.2 Å². The average molecular weight is 218 g/mol. The van der Waals surface area contributed by atoms with Crippen LogP contribution in [0.15, 0.2) is 24.5 Å². The first-order valence-corrected chi connectivity index (χ1v) is 5.79. The Bertz CT molecular complexity index is 496. The minimum atomic E-state index is 0.627. The molecule has 76 valence electrons. The van der Waals surface area contributed by atoms with Crippen molar-refractivity contribution in [2.75, 3.05) is 0 Å². The molecule has 0 amide bonds. The molecule has 1 aliphatic carbocycles. The smallest absolute Gasteiger partial charge is 0.160 e. The van der Waals surface area contributed by atoms with E-state index in [9.17, 15) is 4.79 Å². The molecule has 1 aliphatic rings. The standard InChI is InChI=1S/C11H10N2OS/c14-7-9-3-4-10(15-9)13-6-5-12-11(13)8-1-2-8/h3-8H,1-2H2. The van der Waals surface area contributed by atoms with Crippen LogP contribution in [0, 0.1) is 0 Å². The fourth-order valence-corrected chi connectivity index (χ4v) is 2.49. The maximum atomic E-state index is 10.6. The van der Waals surface area contributed by atoms with Gasteiger partial charge in [0.2, 0.25) is 0 Å².